The number of thiazole rings is 1. The third-order valence-electron chi connectivity index (χ3n) is 7.95. The molecule has 0 radical (unpaired) electrons. The highest BCUT2D eigenvalue weighted by Gasteiger charge is 2.57. The summed E-state index contributed by atoms with van der Waals surface area (Å²) < 4.78 is 47.8. The van der Waals surface area contributed by atoms with Crippen LogP contribution in [0.5, 0.6) is 5.75 Å². The van der Waals surface area contributed by atoms with E-state index in [9.17, 15) is 32.3 Å². The number of aromatic amines is 1. The first-order valence-corrected chi connectivity index (χ1v) is 15.7. The predicted octanol–water partition coefficient (Wildman–Crippen LogP) is 6.42. The second-order valence-corrected chi connectivity index (χ2v) is 12.8. The zero-order valence-electron chi connectivity index (χ0n) is 23.5. The van der Waals surface area contributed by atoms with Gasteiger partial charge in [-0.2, -0.15) is 13.2 Å². The van der Waals surface area contributed by atoms with E-state index in [0.29, 0.717) is 26.1 Å². The largest absolute Gasteiger partial charge is 0.483 e. The van der Waals surface area contributed by atoms with E-state index in [2.05, 4.69) is 10.3 Å². The van der Waals surface area contributed by atoms with Crippen LogP contribution in [-0.4, -0.2) is 34.6 Å². The van der Waals surface area contributed by atoms with Gasteiger partial charge in [0.1, 0.15) is 11.0 Å². The quantitative estimate of drug-likeness (QED) is 0.203. The van der Waals surface area contributed by atoms with Gasteiger partial charge in [0, 0.05) is 27.4 Å². The highest BCUT2D eigenvalue weighted by Crippen LogP contribution is 2.55. The molecule has 46 heavy (non-hydrogen) atoms. The Morgan fingerprint density at radius 2 is 1.61 bits per heavy atom. The number of para-hydroxylation sites is 2. The molecule has 0 aliphatic carbocycles. The number of hydrogen-bond donors (Lipinski definition) is 2. The number of hydrogen-bond acceptors (Lipinski definition) is 7. The molecule has 8 nitrogen and oxygen atoms in total. The first-order valence-electron chi connectivity index (χ1n) is 14.0. The van der Waals surface area contributed by atoms with Gasteiger partial charge >= 0.3 is 11.0 Å². The van der Waals surface area contributed by atoms with Crippen LogP contribution in [0.25, 0.3) is 10.8 Å². The van der Waals surface area contributed by atoms with E-state index in [1.54, 1.807) is 30.3 Å². The Labute approximate surface area is 267 Å². The monoisotopic (exact) mass is 661 g/mol. The number of ether oxygens (including phenoxy) is 1. The van der Waals surface area contributed by atoms with E-state index in [1.807, 2.05) is 36.4 Å². The number of imide groups is 1. The number of carbonyl (C=O) groups is 3. The Kier molecular flexibility index (Phi) is 7.44. The van der Waals surface area contributed by atoms with Crippen LogP contribution in [-0.2, 0) is 20.6 Å². The van der Waals surface area contributed by atoms with Crippen molar-refractivity contribution in [3.63, 3.8) is 0 Å². The van der Waals surface area contributed by atoms with Crippen LogP contribution >= 0.6 is 23.1 Å². The summed E-state index contributed by atoms with van der Waals surface area (Å²) in [6.45, 7) is -0.399. The number of nitrogens with one attached hydrogen (secondary N) is 2. The third-order valence-corrected chi connectivity index (χ3v) is 10.4. The van der Waals surface area contributed by atoms with Crippen LogP contribution in [0.4, 0.5) is 24.5 Å². The molecule has 3 amide bonds. The fraction of sp³-hybridized carbons (Fsp3) is 0.152. The van der Waals surface area contributed by atoms with Crippen molar-refractivity contribution in [2.45, 2.75) is 22.4 Å². The first kappa shape index (κ1) is 29.8. The number of benzene rings is 4. The number of alkyl halides is 3. The highest BCUT2D eigenvalue weighted by atomic mass is 32.2. The Balaban J connectivity index is 1.23. The third kappa shape index (κ3) is 5.14. The van der Waals surface area contributed by atoms with Gasteiger partial charge in [0.15, 0.2) is 6.61 Å². The van der Waals surface area contributed by atoms with Crippen molar-refractivity contribution in [1.82, 2.24) is 4.98 Å². The van der Waals surface area contributed by atoms with Crippen LogP contribution in [0, 0.1) is 5.92 Å². The normalized spacial score (nSPS) is 19.2. The summed E-state index contributed by atoms with van der Waals surface area (Å²) in [6.07, 6.45) is -4.81. The molecule has 1 saturated heterocycles. The molecule has 232 valence electrons. The maximum atomic E-state index is 14.1. The van der Waals surface area contributed by atoms with Crippen LogP contribution in [0.2, 0.25) is 0 Å². The fourth-order valence-electron chi connectivity index (χ4n) is 6.03. The van der Waals surface area contributed by atoms with E-state index >= 15 is 0 Å². The SMILES string of the molecule is O=C(COc1ccccc1[C@@H]1c2sc(=O)[nH]c2S[C@H]2C(=O)N(c3ccccc3C(F)(F)F)C(=O)[C@@H]12)Nc1cccc2ccccc12. The molecule has 3 heterocycles. The minimum absolute atomic E-state index is 0.229. The van der Waals surface area contributed by atoms with Crippen LogP contribution in [0.1, 0.15) is 21.9 Å². The lowest BCUT2D eigenvalue weighted by Crippen LogP contribution is -2.33. The van der Waals surface area contributed by atoms with Gasteiger partial charge in [0.05, 0.1) is 22.2 Å². The number of H-pyrrole nitrogens is 1. The number of aromatic nitrogens is 1. The van der Waals surface area contributed by atoms with Crippen molar-refractivity contribution in [3.05, 3.63) is 117 Å². The maximum absolute atomic E-state index is 14.1. The Morgan fingerprint density at radius 3 is 2.43 bits per heavy atom. The minimum atomic E-state index is -4.81. The lowest BCUT2D eigenvalue weighted by molar-refractivity contribution is -0.137. The fourth-order valence-corrected chi connectivity index (χ4v) is 8.54. The van der Waals surface area contributed by atoms with Gasteiger partial charge in [-0.25, -0.2) is 4.90 Å². The van der Waals surface area contributed by atoms with Gasteiger partial charge in [-0.1, -0.05) is 89.8 Å². The predicted molar refractivity (Wildman–Crippen MR) is 168 cm³/mol. The number of thioether (sulfide) groups is 1. The molecule has 4 aromatic carbocycles. The molecule has 2 aliphatic rings. The molecule has 1 fully saturated rings. The molecule has 13 heteroatoms. The highest BCUT2D eigenvalue weighted by molar-refractivity contribution is 8.00. The summed E-state index contributed by atoms with van der Waals surface area (Å²) in [7, 11) is 0. The molecule has 0 bridgehead atoms. The number of anilines is 2. The second-order valence-electron chi connectivity index (χ2n) is 10.7. The van der Waals surface area contributed by atoms with Gasteiger partial charge in [0.25, 0.3) is 5.91 Å². The summed E-state index contributed by atoms with van der Waals surface area (Å²) in [5.41, 5.74) is -0.645. The smallest absolute Gasteiger partial charge is 0.418 e. The molecule has 0 spiro atoms. The maximum Gasteiger partial charge on any atom is 0.418 e. The average Bonchev–Trinajstić information content (AvgIpc) is 3.53. The molecule has 7 rings (SSSR count). The van der Waals surface area contributed by atoms with E-state index in [-0.39, 0.29) is 5.75 Å². The number of nitrogens with zero attached hydrogens (tertiary/aromatic N) is 1. The van der Waals surface area contributed by atoms with Crippen molar-refractivity contribution >= 4 is 63.0 Å². The molecule has 5 aromatic rings. The average molecular weight is 662 g/mol. The van der Waals surface area contributed by atoms with Gasteiger partial charge < -0.3 is 15.0 Å². The van der Waals surface area contributed by atoms with E-state index in [1.165, 1.54) is 12.1 Å². The minimum Gasteiger partial charge on any atom is -0.483 e. The summed E-state index contributed by atoms with van der Waals surface area (Å²) in [5.74, 6) is -3.91. The van der Waals surface area contributed by atoms with Crippen molar-refractivity contribution in [3.8, 4) is 5.75 Å². The topological polar surface area (TPSA) is 109 Å². The van der Waals surface area contributed by atoms with Crippen LogP contribution < -0.4 is 19.8 Å². The summed E-state index contributed by atoms with van der Waals surface area (Å²) >= 11 is 1.81. The van der Waals surface area contributed by atoms with E-state index < -0.39 is 63.7 Å². The molecular weight excluding hydrogens is 640 g/mol. The van der Waals surface area contributed by atoms with Gasteiger partial charge in [0.2, 0.25) is 11.8 Å². The molecule has 0 saturated carbocycles. The van der Waals surface area contributed by atoms with Crippen molar-refractivity contribution in [2.24, 2.45) is 5.92 Å². The number of fused-ring (bicyclic) bond motifs is 3. The molecule has 0 unspecified atom stereocenters. The van der Waals surface area contributed by atoms with Crippen molar-refractivity contribution < 1.29 is 32.3 Å². The number of halogens is 3. The van der Waals surface area contributed by atoms with E-state index in [4.69, 9.17) is 4.74 Å². The lowest BCUT2D eigenvalue weighted by atomic mass is 9.82. The first-order chi connectivity index (χ1) is 22.1. The number of amides is 3. The molecular formula is C33H22F3N3O5S2. The Bertz CT molecular complexity index is 2090. The van der Waals surface area contributed by atoms with Gasteiger partial charge in [-0.05, 0) is 29.7 Å². The summed E-state index contributed by atoms with van der Waals surface area (Å²) in [4.78, 5) is 56.7. The van der Waals surface area contributed by atoms with Gasteiger partial charge in [-0.15, -0.1) is 0 Å². The molecule has 2 N–H and O–H groups in total. The van der Waals surface area contributed by atoms with Crippen LogP contribution in [0.15, 0.2) is 101 Å². The van der Waals surface area contributed by atoms with Crippen molar-refractivity contribution in [1.29, 1.82) is 0 Å². The Morgan fingerprint density at radius 1 is 0.891 bits per heavy atom. The van der Waals surface area contributed by atoms with Crippen molar-refractivity contribution in [2.75, 3.05) is 16.8 Å². The number of carbonyl (C=O) groups excluding carboxylic acids is 3. The standard InChI is InChI=1S/C33H22F3N3O5S2/c34-33(35,36)20-12-4-5-14-22(20)39-30(41)26-25(27-29(38-32(43)46-27)45-28(26)31(39)42)19-11-3-6-15-23(19)44-16-24(40)37-21-13-7-9-17-8-1-2-10-18(17)21/h1-15,25-26,28H,16H2,(H,37,40)(H,38,43)/t25-,26-,28+/m0/s1. The molecule has 3 atom stereocenters. The number of rotatable bonds is 6. The summed E-state index contributed by atoms with van der Waals surface area (Å²) in [6, 6.07) is 24.1. The van der Waals surface area contributed by atoms with E-state index in [0.717, 1.165) is 46.0 Å². The molecule has 1 aromatic heterocycles. The zero-order valence-corrected chi connectivity index (χ0v) is 25.2. The second kappa shape index (κ2) is 11.5. The van der Waals surface area contributed by atoms with Gasteiger partial charge in [-0.3, -0.25) is 19.2 Å². The zero-order chi connectivity index (χ0) is 32.2. The molecule has 2 aliphatic heterocycles. The van der Waals surface area contributed by atoms with Crippen LogP contribution in [0.3, 0.4) is 0 Å². The lowest BCUT2D eigenvalue weighted by Gasteiger charge is -2.30. The summed E-state index contributed by atoms with van der Waals surface area (Å²) in [5, 5.41) is 3.89. The Hall–Kier alpha value is -4.88.